The van der Waals surface area contributed by atoms with Crippen LogP contribution in [0.4, 0.5) is 0 Å². The molecule has 0 N–H and O–H groups in total. The predicted octanol–water partition coefficient (Wildman–Crippen LogP) is 8.75. The average molecular weight is 397 g/mol. The van der Waals surface area contributed by atoms with Crippen LogP contribution < -0.4 is 10.4 Å². The Kier molecular flexibility index (Phi) is 21.0. The first-order chi connectivity index (χ1) is 14.1. The molecule has 2 rings (SSSR count). The normalized spacial score (nSPS) is 10.7. The summed E-state index contributed by atoms with van der Waals surface area (Å²) < 4.78 is 0. The third-order valence-corrected chi connectivity index (χ3v) is 4.26. The lowest BCUT2D eigenvalue weighted by Crippen LogP contribution is -2.17. The van der Waals surface area contributed by atoms with Crippen molar-refractivity contribution in [3.05, 3.63) is 63.6 Å². The first kappa shape index (κ1) is 31.6. The summed E-state index contributed by atoms with van der Waals surface area (Å²) in [4.78, 5) is 0. The zero-order valence-electron chi connectivity index (χ0n) is 21.7. The van der Waals surface area contributed by atoms with Gasteiger partial charge in [-0.3, -0.25) is 0 Å². The minimum atomic E-state index is 1.14. The van der Waals surface area contributed by atoms with Gasteiger partial charge in [-0.25, -0.2) is 0 Å². The monoisotopic (exact) mass is 396 g/mol. The summed E-state index contributed by atoms with van der Waals surface area (Å²) in [6, 6.07) is 6.54. The van der Waals surface area contributed by atoms with Crippen LogP contribution in [0.3, 0.4) is 0 Å². The largest absolute Gasteiger partial charge is 0.0908 e. The molecule has 0 heteroatoms. The molecule has 0 spiro atoms. The summed E-state index contributed by atoms with van der Waals surface area (Å²) in [5, 5.41) is 5.09. The molecule has 0 aromatic heterocycles. The van der Waals surface area contributed by atoms with Crippen LogP contribution in [0.15, 0.2) is 36.4 Å². The van der Waals surface area contributed by atoms with Crippen LogP contribution in [0.2, 0.25) is 0 Å². The van der Waals surface area contributed by atoms with Crippen molar-refractivity contribution in [2.45, 2.75) is 90.0 Å². The summed E-state index contributed by atoms with van der Waals surface area (Å²) >= 11 is 0. The Morgan fingerprint density at radius 1 is 0.793 bits per heavy atom. The molecule has 0 radical (unpaired) electrons. The summed E-state index contributed by atoms with van der Waals surface area (Å²) in [5.41, 5.74) is 5.11. The van der Waals surface area contributed by atoms with E-state index in [0.29, 0.717) is 0 Å². The fourth-order valence-electron chi connectivity index (χ4n) is 3.14. The van der Waals surface area contributed by atoms with Crippen molar-refractivity contribution in [3.8, 4) is 0 Å². The van der Waals surface area contributed by atoms with E-state index in [1.54, 1.807) is 0 Å². The maximum Gasteiger partial charge on any atom is -0.00766 e. The molecular formula is C29H48. The molecule has 0 unspecified atom stereocenters. The van der Waals surface area contributed by atoms with E-state index in [-0.39, 0.29) is 0 Å². The van der Waals surface area contributed by atoms with Gasteiger partial charge in [-0.2, -0.15) is 0 Å². The molecular weight excluding hydrogens is 348 g/mol. The van der Waals surface area contributed by atoms with Gasteiger partial charge >= 0.3 is 0 Å². The molecule has 0 saturated carbocycles. The van der Waals surface area contributed by atoms with Crippen molar-refractivity contribution in [2.75, 3.05) is 0 Å². The molecule has 164 valence electrons. The van der Waals surface area contributed by atoms with Crippen LogP contribution in [0.1, 0.15) is 92.9 Å². The fraction of sp³-hybridized carbons (Fsp3) is 0.448. The molecule has 0 saturated heterocycles. The highest BCUT2D eigenvalue weighted by molar-refractivity contribution is 5.94. The summed E-state index contributed by atoms with van der Waals surface area (Å²) in [6.07, 6.45) is 8.59. The number of aryl methyl sites for hydroxylation is 2. The van der Waals surface area contributed by atoms with Crippen molar-refractivity contribution >= 4 is 29.0 Å². The smallest absolute Gasteiger partial charge is 0.00766 e. The molecule has 2 aromatic rings. The Morgan fingerprint density at radius 2 is 1.31 bits per heavy atom. The Bertz CT molecular complexity index is 846. The van der Waals surface area contributed by atoms with Gasteiger partial charge in [-0.1, -0.05) is 104 Å². The molecule has 29 heavy (non-hydrogen) atoms. The van der Waals surface area contributed by atoms with Crippen LogP contribution in [0.5, 0.6) is 0 Å². The average Bonchev–Trinajstić information content (AvgIpc) is 2.81. The molecule has 0 fully saturated rings. The Morgan fingerprint density at radius 3 is 1.72 bits per heavy atom. The molecule has 0 heterocycles. The van der Waals surface area contributed by atoms with E-state index in [2.05, 4.69) is 83.7 Å². The van der Waals surface area contributed by atoms with Crippen molar-refractivity contribution in [1.29, 1.82) is 0 Å². The summed E-state index contributed by atoms with van der Waals surface area (Å²) in [5.74, 6) is 0. The van der Waals surface area contributed by atoms with E-state index in [0.717, 1.165) is 5.22 Å². The van der Waals surface area contributed by atoms with Gasteiger partial charge in [0.1, 0.15) is 0 Å². The quantitative estimate of drug-likeness (QED) is 0.445. The van der Waals surface area contributed by atoms with E-state index < -0.39 is 0 Å². The van der Waals surface area contributed by atoms with Gasteiger partial charge in [0.2, 0.25) is 0 Å². The molecule has 0 aliphatic heterocycles. The number of benzene rings is 2. The third kappa shape index (κ3) is 8.05. The topological polar surface area (TPSA) is 0 Å². The van der Waals surface area contributed by atoms with Gasteiger partial charge in [0, 0.05) is 0 Å². The molecule has 0 aliphatic carbocycles. The first-order valence-electron chi connectivity index (χ1n) is 11.5. The van der Waals surface area contributed by atoms with E-state index in [4.69, 9.17) is 0 Å². The van der Waals surface area contributed by atoms with Crippen molar-refractivity contribution in [3.63, 3.8) is 0 Å². The minimum Gasteiger partial charge on any atom is -0.0908 e. The van der Waals surface area contributed by atoms with Crippen LogP contribution in [-0.2, 0) is 0 Å². The Labute approximate surface area is 182 Å². The number of hydrogen-bond donors (Lipinski definition) is 0. The maximum absolute atomic E-state index is 4.37. The molecule has 0 bridgehead atoms. The third-order valence-electron chi connectivity index (χ3n) is 4.26. The van der Waals surface area contributed by atoms with Crippen molar-refractivity contribution in [2.24, 2.45) is 0 Å². The number of fused-ring (bicyclic) bond motifs is 1. The molecule has 0 amide bonds. The minimum absolute atomic E-state index is 1.14. The molecule has 2 aromatic carbocycles. The Hall–Kier alpha value is -2.08. The Balaban J connectivity index is -0.000000754. The van der Waals surface area contributed by atoms with Gasteiger partial charge in [0.05, 0.1) is 0 Å². The standard InChI is InChI=1S/C21H24.4C2H6/c1-7-11-17(8-2)20-14(4)15(5)21-18(9-3)12-10-13-19(21)16(20)6;4*1-2/h7-13H,4H2,1-3,5-6H3;4*1-2H3/b11-7-,17-8-,18-9-;;;;. The van der Waals surface area contributed by atoms with Crippen molar-refractivity contribution < 1.29 is 0 Å². The second kappa shape index (κ2) is 19.2. The summed E-state index contributed by atoms with van der Waals surface area (Å²) in [7, 11) is 0. The van der Waals surface area contributed by atoms with Crippen LogP contribution >= 0.6 is 0 Å². The van der Waals surface area contributed by atoms with E-state index in [1.807, 2.05) is 55.4 Å². The van der Waals surface area contributed by atoms with E-state index in [9.17, 15) is 0 Å². The van der Waals surface area contributed by atoms with Crippen LogP contribution in [0.25, 0.3) is 29.0 Å². The highest BCUT2D eigenvalue weighted by atomic mass is 14.1. The molecule has 0 nitrogen and oxygen atoms in total. The van der Waals surface area contributed by atoms with Gasteiger partial charge in [0.25, 0.3) is 0 Å². The predicted molar refractivity (Wildman–Crippen MR) is 142 cm³/mol. The molecule has 0 aliphatic rings. The lowest BCUT2D eigenvalue weighted by atomic mass is 9.89. The zero-order valence-corrected chi connectivity index (χ0v) is 21.7. The van der Waals surface area contributed by atoms with Crippen LogP contribution in [-0.4, -0.2) is 0 Å². The van der Waals surface area contributed by atoms with Gasteiger partial charge in [0.15, 0.2) is 0 Å². The van der Waals surface area contributed by atoms with E-state index >= 15 is 0 Å². The fourth-order valence-corrected chi connectivity index (χ4v) is 3.14. The number of rotatable bonds is 2. The lowest BCUT2D eigenvalue weighted by molar-refractivity contribution is 1.36. The molecule has 0 atom stereocenters. The van der Waals surface area contributed by atoms with Gasteiger partial charge in [-0.15, -0.1) is 0 Å². The summed E-state index contributed by atoms with van der Waals surface area (Å²) in [6.45, 7) is 31.0. The van der Waals surface area contributed by atoms with Gasteiger partial charge < -0.3 is 0 Å². The SMILES string of the molecule is C=c1c(C(/C=C\C)=C\C)c(C)c2ccc/c(=C/C)c2c1C.CC.CC.CC.CC. The van der Waals surface area contributed by atoms with Gasteiger partial charge in [-0.05, 0) is 78.1 Å². The number of hydrogen-bond acceptors (Lipinski definition) is 0. The highest BCUT2D eigenvalue weighted by Crippen LogP contribution is 2.25. The zero-order chi connectivity index (χ0) is 23.6. The second-order valence-corrected chi connectivity index (χ2v) is 5.41. The number of allylic oxidation sites excluding steroid dienone is 4. The van der Waals surface area contributed by atoms with Crippen LogP contribution in [0, 0.1) is 13.8 Å². The first-order valence-corrected chi connectivity index (χ1v) is 11.5. The lowest BCUT2D eigenvalue weighted by Gasteiger charge is -2.15. The maximum atomic E-state index is 4.37. The second-order valence-electron chi connectivity index (χ2n) is 5.41. The highest BCUT2D eigenvalue weighted by Gasteiger charge is 2.11. The van der Waals surface area contributed by atoms with Crippen molar-refractivity contribution in [1.82, 2.24) is 0 Å². The van der Waals surface area contributed by atoms with E-state index in [1.165, 1.54) is 38.3 Å².